The minimum atomic E-state index is -4.41. The number of benzene rings is 2. The summed E-state index contributed by atoms with van der Waals surface area (Å²) in [5.41, 5.74) is 6.23. The van der Waals surface area contributed by atoms with E-state index in [-0.39, 0.29) is 30.3 Å². The van der Waals surface area contributed by atoms with Gasteiger partial charge in [-0.05, 0) is 29.8 Å². The zero-order valence-electron chi connectivity index (χ0n) is 15.4. The van der Waals surface area contributed by atoms with Gasteiger partial charge in [0.25, 0.3) is 0 Å². The van der Waals surface area contributed by atoms with Gasteiger partial charge in [0, 0.05) is 25.9 Å². The number of oxime groups is 1. The zero-order valence-corrected chi connectivity index (χ0v) is 16.2. The number of para-hydroxylation sites is 1. The maximum Gasteiger partial charge on any atom is 0.416 e. The molecule has 2 N–H and O–H groups in total. The summed E-state index contributed by atoms with van der Waals surface area (Å²) in [5, 5.41) is 3.97. The van der Waals surface area contributed by atoms with Gasteiger partial charge in [-0.25, -0.2) is 8.42 Å². The first-order valence-electron chi connectivity index (χ1n) is 8.86. The van der Waals surface area contributed by atoms with Crippen molar-refractivity contribution in [2.24, 2.45) is 5.16 Å². The van der Waals surface area contributed by atoms with E-state index in [1.165, 1.54) is 28.6 Å². The Morgan fingerprint density at radius 1 is 1.07 bits per heavy atom. The summed E-state index contributed by atoms with van der Waals surface area (Å²) in [7, 11) is -3.69. The van der Waals surface area contributed by atoms with E-state index in [2.05, 4.69) is 5.16 Å². The molecule has 156 valence electrons. The molecule has 2 aromatic rings. The molecule has 6 nitrogen and oxygen atoms in total. The third-order valence-corrected chi connectivity index (χ3v) is 6.49. The first-order valence-corrected chi connectivity index (χ1v) is 10.3. The van der Waals surface area contributed by atoms with Crippen molar-refractivity contribution in [1.82, 2.24) is 4.31 Å². The van der Waals surface area contributed by atoms with E-state index in [9.17, 15) is 21.6 Å². The van der Waals surface area contributed by atoms with E-state index in [4.69, 9.17) is 10.6 Å². The van der Waals surface area contributed by atoms with Crippen LogP contribution in [0.5, 0.6) is 0 Å². The number of halogens is 3. The lowest BCUT2D eigenvalue weighted by Crippen LogP contribution is -2.38. The molecular formula is C19H20F3N3O3S. The molecule has 0 spiro atoms. The Bertz CT molecular complexity index is 997. The predicted octanol–water partition coefficient (Wildman–Crippen LogP) is 3.64. The molecule has 0 aliphatic carbocycles. The second-order valence-electron chi connectivity index (χ2n) is 6.57. The number of rotatable bonds is 5. The number of alkyl halides is 3. The zero-order chi connectivity index (χ0) is 21.1. The minimum Gasteiger partial charge on any atom is -0.398 e. The van der Waals surface area contributed by atoms with Gasteiger partial charge in [-0.1, -0.05) is 29.4 Å². The standard InChI is InChI=1S/C19H20F3N3O3S/c20-19(21,22)15-5-3-4-14(12-15)13-28-24-16-8-10-25(11-9-16)29(26,27)18-7-2-1-6-17(18)23/h1-7,12H,8-11,13,23H2. The van der Waals surface area contributed by atoms with E-state index in [1.54, 1.807) is 12.1 Å². The van der Waals surface area contributed by atoms with Crippen LogP contribution < -0.4 is 5.73 Å². The van der Waals surface area contributed by atoms with Crippen LogP contribution in [0.4, 0.5) is 18.9 Å². The van der Waals surface area contributed by atoms with E-state index in [0.29, 0.717) is 24.1 Å². The van der Waals surface area contributed by atoms with Gasteiger partial charge in [0.2, 0.25) is 10.0 Å². The number of piperidine rings is 1. The average molecular weight is 427 g/mol. The Kier molecular flexibility index (Phi) is 6.13. The Labute approximate surface area is 166 Å². The van der Waals surface area contributed by atoms with Gasteiger partial charge in [-0.15, -0.1) is 0 Å². The second-order valence-corrected chi connectivity index (χ2v) is 8.48. The SMILES string of the molecule is Nc1ccccc1S(=O)(=O)N1CCC(=NOCc2cccc(C(F)(F)F)c2)CC1. The summed E-state index contributed by atoms with van der Waals surface area (Å²) in [6.45, 7) is 0.348. The fourth-order valence-corrected chi connectivity index (χ4v) is 4.52. The summed E-state index contributed by atoms with van der Waals surface area (Å²) in [6, 6.07) is 11.1. The maximum atomic E-state index is 12.7. The number of nitrogen functional groups attached to an aromatic ring is 1. The summed E-state index contributed by atoms with van der Waals surface area (Å²) >= 11 is 0. The fourth-order valence-electron chi connectivity index (χ4n) is 2.97. The first kappa shape index (κ1) is 21.1. The van der Waals surface area contributed by atoms with Crippen molar-refractivity contribution in [1.29, 1.82) is 0 Å². The van der Waals surface area contributed by atoms with E-state index in [0.717, 1.165) is 12.1 Å². The van der Waals surface area contributed by atoms with Gasteiger partial charge in [0.15, 0.2) is 0 Å². The lowest BCUT2D eigenvalue weighted by Gasteiger charge is -2.27. The van der Waals surface area contributed by atoms with Crippen LogP contribution in [0.3, 0.4) is 0 Å². The number of anilines is 1. The molecule has 1 aliphatic heterocycles. The smallest absolute Gasteiger partial charge is 0.398 e. The highest BCUT2D eigenvalue weighted by atomic mass is 32.2. The molecule has 29 heavy (non-hydrogen) atoms. The number of hydrogen-bond donors (Lipinski definition) is 1. The Balaban J connectivity index is 1.57. The third-order valence-electron chi connectivity index (χ3n) is 4.52. The highest BCUT2D eigenvalue weighted by Gasteiger charge is 2.31. The van der Waals surface area contributed by atoms with Crippen LogP contribution in [0, 0.1) is 0 Å². The summed E-state index contributed by atoms with van der Waals surface area (Å²) in [6.07, 6.45) is -3.68. The first-order chi connectivity index (χ1) is 13.7. The molecule has 1 saturated heterocycles. The number of sulfonamides is 1. The predicted molar refractivity (Wildman–Crippen MR) is 103 cm³/mol. The Morgan fingerprint density at radius 3 is 2.41 bits per heavy atom. The van der Waals surface area contributed by atoms with Gasteiger partial charge < -0.3 is 10.6 Å². The number of nitrogens with zero attached hydrogens (tertiary/aromatic N) is 2. The molecule has 1 fully saturated rings. The molecule has 1 heterocycles. The normalized spacial score (nSPS) is 15.9. The van der Waals surface area contributed by atoms with Crippen LogP contribution in [0.1, 0.15) is 24.0 Å². The second kappa shape index (κ2) is 8.42. The summed E-state index contributed by atoms with van der Waals surface area (Å²) < 4.78 is 65.0. The number of hydrogen-bond acceptors (Lipinski definition) is 5. The van der Waals surface area contributed by atoms with E-state index < -0.39 is 21.8 Å². The highest BCUT2D eigenvalue weighted by molar-refractivity contribution is 7.89. The van der Waals surface area contributed by atoms with Crippen LogP contribution in [0.15, 0.2) is 58.6 Å². The molecule has 0 radical (unpaired) electrons. The van der Waals surface area contributed by atoms with E-state index >= 15 is 0 Å². The molecule has 0 saturated carbocycles. The lowest BCUT2D eigenvalue weighted by molar-refractivity contribution is -0.137. The Morgan fingerprint density at radius 2 is 1.76 bits per heavy atom. The van der Waals surface area contributed by atoms with Crippen molar-refractivity contribution < 1.29 is 26.4 Å². The topological polar surface area (TPSA) is 85.0 Å². The highest BCUT2D eigenvalue weighted by Crippen LogP contribution is 2.29. The molecule has 0 aromatic heterocycles. The molecule has 3 rings (SSSR count). The van der Waals surface area contributed by atoms with Crippen LogP contribution in [0.2, 0.25) is 0 Å². The molecule has 0 unspecified atom stereocenters. The molecule has 2 aromatic carbocycles. The summed E-state index contributed by atoms with van der Waals surface area (Å²) in [5.74, 6) is 0. The molecule has 10 heteroatoms. The molecule has 0 amide bonds. The van der Waals surface area contributed by atoms with Crippen molar-refractivity contribution in [3.05, 3.63) is 59.7 Å². The van der Waals surface area contributed by atoms with E-state index in [1.807, 2.05) is 0 Å². The largest absolute Gasteiger partial charge is 0.416 e. The monoisotopic (exact) mass is 427 g/mol. The van der Waals surface area contributed by atoms with Crippen molar-refractivity contribution in [3.63, 3.8) is 0 Å². The fraction of sp³-hybridized carbons (Fsp3) is 0.316. The van der Waals surface area contributed by atoms with Gasteiger partial charge in [0.1, 0.15) is 11.5 Å². The van der Waals surface area contributed by atoms with Crippen molar-refractivity contribution in [2.75, 3.05) is 18.8 Å². The van der Waals surface area contributed by atoms with Crippen molar-refractivity contribution in [2.45, 2.75) is 30.5 Å². The van der Waals surface area contributed by atoms with Gasteiger partial charge in [-0.3, -0.25) is 0 Å². The summed E-state index contributed by atoms with van der Waals surface area (Å²) in [4.78, 5) is 5.25. The van der Waals surface area contributed by atoms with Crippen LogP contribution in [-0.2, 0) is 27.6 Å². The van der Waals surface area contributed by atoms with Crippen molar-refractivity contribution in [3.8, 4) is 0 Å². The van der Waals surface area contributed by atoms with Gasteiger partial charge >= 0.3 is 6.18 Å². The van der Waals surface area contributed by atoms with Crippen LogP contribution in [0.25, 0.3) is 0 Å². The van der Waals surface area contributed by atoms with Gasteiger partial charge in [0.05, 0.1) is 17.0 Å². The lowest BCUT2D eigenvalue weighted by atomic mass is 10.1. The number of nitrogens with two attached hydrogens (primary N) is 1. The maximum absolute atomic E-state index is 12.7. The molecule has 0 bridgehead atoms. The van der Waals surface area contributed by atoms with Crippen molar-refractivity contribution >= 4 is 21.4 Å². The Hall–Kier alpha value is -2.59. The molecular weight excluding hydrogens is 407 g/mol. The molecule has 0 atom stereocenters. The molecule has 1 aliphatic rings. The average Bonchev–Trinajstić information content (AvgIpc) is 2.68. The third kappa shape index (κ3) is 5.07. The van der Waals surface area contributed by atoms with Gasteiger partial charge in [-0.2, -0.15) is 17.5 Å². The quantitative estimate of drug-likeness (QED) is 0.583. The van der Waals surface area contributed by atoms with Crippen LogP contribution in [-0.4, -0.2) is 31.5 Å². The van der Waals surface area contributed by atoms with Crippen LogP contribution >= 0.6 is 0 Å². The minimum absolute atomic E-state index is 0.0705.